The lowest BCUT2D eigenvalue weighted by Gasteiger charge is -2.15. The Morgan fingerprint density at radius 3 is 2.53 bits per heavy atom. The topological polar surface area (TPSA) is 29.1 Å². The summed E-state index contributed by atoms with van der Waals surface area (Å²) in [5, 5.41) is 2.14. The minimum absolute atomic E-state index is 0.0568. The first-order valence-electron chi connectivity index (χ1n) is 4.61. The summed E-state index contributed by atoms with van der Waals surface area (Å²) in [4.78, 5) is 11.2. The summed E-state index contributed by atoms with van der Waals surface area (Å²) in [6.07, 6.45) is -4.49. The monoisotopic (exact) mass is 329 g/mol. The number of carbonyl (C=O) groups excluding carboxylic acids is 1. The van der Waals surface area contributed by atoms with Crippen LogP contribution in [-0.4, -0.2) is 5.91 Å². The van der Waals surface area contributed by atoms with Crippen LogP contribution in [-0.2, 0) is 11.0 Å². The molecule has 1 N–H and O–H groups in total. The van der Waals surface area contributed by atoms with Gasteiger partial charge in [-0.1, -0.05) is 18.5 Å². The number of hydrogen-bond acceptors (Lipinski definition) is 1. The van der Waals surface area contributed by atoms with Crippen molar-refractivity contribution in [3.05, 3.63) is 27.2 Å². The van der Waals surface area contributed by atoms with Crippen molar-refractivity contribution in [3.63, 3.8) is 0 Å². The highest BCUT2D eigenvalue weighted by molar-refractivity contribution is 9.10. The molecule has 17 heavy (non-hydrogen) atoms. The molecule has 2 nitrogen and oxygen atoms in total. The van der Waals surface area contributed by atoms with Crippen molar-refractivity contribution in [2.24, 2.45) is 0 Å². The Morgan fingerprint density at radius 2 is 2.06 bits per heavy atom. The van der Waals surface area contributed by atoms with Gasteiger partial charge in [-0.3, -0.25) is 4.79 Å². The average Bonchev–Trinajstić information content (AvgIpc) is 2.19. The SMILES string of the molecule is CCC(=O)Nc1c(Br)cc(Cl)cc1C(F)(F)F. The molecule has 94 valence electrons. The lowest BCUT2D eigenvalue weighted by atomic mass is 10.1. The smallest absolute Gasteiger partial charge is 0.325 e. The van der Waals surface area contributed by atoms with Gasteiger partial charge in [-0.2, -0.15) is 13.2 Å². The Labute approximate surface area is 109 Å². The molecule has 1 aromatic carbocycles. The molecule has 0 atom stereocenters. The molecule has 1 rings (SSSR count). The number of anilines is 1. The molecule has 0 aliphatic rings. The number of carbonyl (C=O) groups is 1. The summed E-state index contributed by atoms with van der Waals surface area (Å²) in [6.45, 7) is 1.55. The van der Waals surface area contributed by atoms with Crippen molar-refractivity contribution in [2.75, 3.05) is 5.32 Å². The minimum Gasteiger partial charge on any atom is -0.325 e. The number of benzene rings is 1. The van der Waals surface area contributed by atoms with Gasteiger partial charge in [-0.15, -0.1) is 0 Å². The van der Waals surface area contributed by atoms with Gasteiger partial charge in [-0.25, -0.2) is 0 Å². The van der Waals surface area contributed by atoms with Gasteiger partial charge in [0.2, 0.25) is 5.91 Å². The molecule has 0 aliphatic carbocycles. The molecule has 0 heterocycles. The van der Waals surface area contributed by atoms with E-state index in [1.807, 2.05) is 0 Å². The predicted octanol–water partition coefficient (Wildman–Crippen LogP) is 4.47. The lowest BCUT2D eigenvalue weighted by molar-refractivity contribution is -0.137. The van der Waals surface area contributed by atoms with Crippen LogP contribution in [0.4, 0.5) is 18.9 Å². The van der Waals surface area contributed by atoms with Crippen LogP contribution >= 0.6 is 27.5 Å². The van der Waals surface area contributed by atoms with Crippen molar-refractivity contribution in [2.45, 2.75) is 19.5 Å². The Morgan fingerprint density at radius 1 is 1.47 bits per heavy atom. The molecule has 1 aromatic rings. The molecule has 0 spiro atoms. The van der Waals surface area contributed by atoms with E-state index in [1.54, 1.807) is 6.92 Å². The van der Waals surface area contributed by atoms with Crippen molar-refractivity contribution < 1.29 is 18.0 Å². The number of halogens is 5. The van der Waals surface area contributed by atoms with E-state index in [4.69, 9.17) is 11.6 Å². The third-order valence-electron chi connectivity index (χ3n) is 1.95. The summed E-state index contributed by atoms with van der Waals surface area (Å²) in [7, 11) is 0. The Kier molecular flexibility index (Phi) is 4.43. The lowest BCUT2D eigenvalue weighted by Crippen LogP contribution is -2.16. The van der Waals surface area contributed by atoms with Crippen LogP contribution in [0, 0.1) is 0 Å². The van der Waals surface area contributed by atoms with E-state index in [-0.39, 0.29) is 21.6 Å². The van der Waals surface area contributed by atoms with Crippen LogP contribution in [0.3, 0.4) is 0 Å². The van der Waals surface area contributed by atoms with Gasteiger partial charge in [0.1, 0.15) is 0 Å². The Hall–Kier alpha value is -0.750. The van der Waals surface area contributed by atoms with Gasteiger partial charge in [0.05, 0.1) is 11.3 Å². The predicted molar refractivity (Wildman–Crippen MR) is 63.1 cm³/mol. The second-order valence-corrected chi connectivity index (χ2v) is 4.50. The highest BCUT2D eigenvalue weighted by Crippen LogP contribution is 2.40. The molecule has 0 unspecified atom stereocenters. The van der Waals surface area contributed by atoms with Crippen molar-refractivity contribution in [1.29, 1.82) is 0 Å². The number of rotatable bonds is 2. The summed E-state index contributed by atoms with van der Waals surface area (Å²) in [5.74, 6) is -0.501. The largest absolute Gasteiger partial charge is 0.418 e. The maximum Gasteiger partial charge on any atom is 0.418 e. The van der Waals surface area contributed by atoms with Crippen LogP contribution in [0.2, 0.25) is 5.02 Å². The van der Waals surface area contributed by atoms with Crippen molar-refractivity contribution in [3.8, 4) is 0 Å². The van der Waals surface area contributed by atoms with Gasteiger partial charge < -0.3 is 5.32 Å². The average molecular weight is 331 g/mol. The Bertz CT molecular complexity index is 448. The van der Waals surface area contributed by atoms with Gasteiger partial charge in [0.15, 0.2) is 0 Å². The van der Waals surface area contributed by atoms with Gasteiger partial charge in [-0.05, 0) is 28.1 Å². The molecular formula is C10H8BrClF3NO. The third-order valence-corrected chi connectivity index (χ3v) is 2.79. The van der Waals surface area contributed by atoms with E-state index in [0.29, 0.717) is 0 Å². The molecule has 0 radical (unpaired) electrons. The van der Waals surface area contributed by atoms with E-state index in [0.717, 1.165) is 6.07 Å². The molecule has 0 bridgehead atoms. The molecule has 0 fully saturated rings. The summed E-state index contributed by atoms with van der Waals surface area (Å²) in [5.41, 5.74) is -1.28. The molecule has 1 amide bonds. The molecule has 7 heteroatoms. The maximum atomic E-state index is 12.7. The molecule has 0 aliphatic heterocycles. The van der Waals surface area contributed by atoms with Crippen LogP contribution in [0.15, 0.2) is 16.6 Å². The van der Waals surface area contributed by atoms with Crippen LogP contribution in [0.1, 0.15) is 18.9 Å². The van der Waals surface area contributed by atoms with Crippen LogP contribution in [0.5, 0.6) is 0 Å². The molecule has 0 saturated heterocycles. The number of hydrogen-bond donors (Lipinski definition) is 1. The molecular weight excluding hydrogens is 322 g/mol. The van der Waals surface area contributed by atoms with Gasteiger partial charge >= 0.3 is 6.18 Å². The highest BCUT2D eigenvalue weighted by atomic mass is 79.9. The van der Waals surface area contributed by atoms with Crippen LogP contribution in [0.25, 0.3) is 0 Å². The second-order valence-electron chi connectivity index (χ2n) is 3.21. The van der Waals surface area contributed by atoms with E-state index in [2.05, 4.69) is 21.2 Å². The maximum absolute atomic E-state index is 12.7. The van der Waals surface area contributed by atoms with Crippen molar-refractivity contribution in [1.82, 2.24) is 0 Å². The molecule has 0 saturated carbocycles. The number of amides is 1. The first kappa shape index (κ1) is 14.3. The summed E-state index contributed by atoms with van der Waals surface area (Å²) in [6, 6.07) is 2.07. The fourth-order valence-corrected chi connectivity index (χ4v) is 2.06. The summed E-state index contributed by atoms with van der Waals surface area (Å²) >= 11 is 8.50. The first-order chi connectivity index (χ1) is 7.75. The van der Waals surface area contributed by atoms with Crippen LogP contribution < -0.4 is 5.32 Å². The normalized spacial score (nSPS) is 11.4. The fraction of sp³-hybridized carbons (Fsp3) is 0.300. The standard InChI is InChI=1S/C10H8BrClF3NO/c1-2-8(17)16-9-6(10(13,14)15)3-5(12)4-7(9)11/h3-4H,2H2,1H3,(H,16,17). The molecule has 0 aromatic heterocycles. The van der Waals surface area contributed by atoms with Gasteiger partial charge in [0.25, 0.3) is 0 Å². The van der Waals surface area contributed by atoms with E-state index in [9.17, 15) is 18.0 Å². The Balaban J connectivity index is 3.31. The van der Waals surface area contributed by atoms with E-state index in [1.165, 1.54) is 6.07 Å². The van der Waals surface area contributed by atoms with E-state index >= 15 is 0 Å². The quantitative estimate of drug-likeness (QED) is 0.851. The second kappa shape index (κ2) is 5.27. The number of alkyl halides is 3. The van der Waals surface area contributed by atoms with Gasteiger partial charge in [0, 0.05) is 15.9 Å². The number of nitrogens with one attached hydrogen (secondary N) is 1. The highest BCUT2D eigenvalue weighted by Gasteiger charge is 2.35. The van der Waals surface area contributed by atoms with E-state index < -0.39 is 17.6 Å². The third kappa shape index (κ3) is 3.61. The van der Waals surface area contributed by atoms with Crippen molar-refractivity contribution >= 4 is 39.1 Å². The first-order valence-corrected chi connectivity index (χ1v) is 5.79. The zero-order chi connectivity index (χ0) is 13.2. The fourth-order valence-electron chi connectivity index (χ4n) is 1.15. The zero-order valence-electron chi connectivity index (χ0n) is 8.66. The summed E-state index contributed by atoms with van der Waals surface area (Å²) < 4.78 is 38.3. The minimum atomic E-state index is -4.58. The zero-order valence-corrected chi connectivity index (χ0v) is 11.0.